The lowest BCUT2D eigenvalue weighted by atomic mass is 10.3. The maximum Gasteiger partial charge on any atom is 0.225 e. The SMILES string of the molecule is CN1CCN(c2ncc(Nc3ncc(-c4cn[nH]c4)n4ncnc34)cn2)CC1. The molecule has 0 atom stereocenters. The average molecular weight is 377 g/mol. The highest BCUT2D eigenvalue weighted by atomic mass is 15.3. The Morgan fingerprint density at radius 2 is 1.79 bits per heavy atom. The molecule has 1 aliphatic heterocycles. The molecule has 11 nitrogen and oxygen atoms in total. The molecule has 0 aromatic carbocycles. The highest BCUT2D eigenvalue weighted by Crippen LogP contribution is 2.23. The Labute approximate surface area is 160 Å². The van der Waals surface area contributed by atoms with Crippen molar-refractivity contribution in [3.8, 4) is 11.3 Å². The van der Waals surface area contributed by atoms with Crippen LogP contribution >= 0.6 is 0 Å². The van der Waals surface area contributed by atoms with E-state index < -0.39 is 0 Å². The third-order valence-electron chi connectivity index (χ3n) is 4.78. The summed E-state index contributed by atoms with van der Waals surface area (Å²) in [6, 6.07) is 0. The molecule has 4 aromatic rings. The number of aromatic nitrogens is 8. The van der Waals surface area contributed by atoms with E-state index in [0.717, 1.165) is 49.1 Å². The van der Waals surface area contributed by atoms with Crippen LogP contribution in [0.3, 0.4) is 0 Å². The van der Waals surface area contributed by atoms with E-state index in [4.69, 9.17) is 0 Å². The number of piperazine rings is 1. The van der Waals surface area contributed by atoms with Crippen molar-refractivity contribution >= 4 is 23.1 Å². The summed E-state index contributed by atoms with van der Waals surface area (Å²) < 4.78 is 1.72. The van der Waals surface area contributed by atoms with Crippen molar-refractivity contribution in [1.82, 2.24) is 44.6 Å². The van der Waals surface area contributed by atoms with Crippen LogP contribution in [0.1, 0.15) is 0 Å². The van der Waals surface area contributed by atoms with Crippen LogP contribution in [-0.4, -0.2) is 77.9 Å². The largest absolute Gasteiger partial charge is 0.338 e. The van der Waals surface area contributed by atoms with Gasteiger partial charge >= 0.3 is 0 Å². The van der Waals surface area contributed by atoms with Crippen LogP contribution in [-0.2, 0) is 0 Å². The van der Waals surface area contributed by atoms with E-state index in [0.29, 0.717) is 11.5 Å². The van der Waals surface area contributed by atoms with Crippen LogP contribution in [0, 0.1) is 0 Å². The highest BCUT2D eigenvalue weighted by Gasteiger charge is 2.17. The van der Waals surface area contributed by atoms with Gasteiger partial charge in [-0.2, -0.15) is 10.2 Å². The molecule has 0 spiro atoms. The van der Waals surface area contributed by atoms with E-state index >= 15 is 0 Å². The zero-order valence-electron chi connectivity index (χ0n) is 15.3. The van der Waals surface area contributed by atoms with Gasteiger partial charge in [0, 0.05) is 37.9 Å². The monoisotopic (exact) mass is 377 g/mol. The molecular weight excluding hydrogens is 358 g/mol. The van der Waals surface area contributed by atoms with Crippen LogP contribution in [0.15, 0.2) is 37.3 Å². The lowest BCUT2D eigenvalue weighted by molar-refractivity contribution is 0.311. The smallest absolute Gasteiger partial charge is 0.225 e. The summed E-state index contributed by atoms with van der Waals surface area (Å²) in [5, 5.41) is 14.3. The molecule has 0 radical (unpaired) electrons. The molecule has 28 heavy (non-hydrogen) atoms. The zero-order chi connectivity index (χ0) is 18.9. The van der Waals surface area contributed by atoms with Crippen molar-refractivity contribution in [1.29, 1.82) is 0 Å². The molecule has 142 valence electrons. The van der Waals surface area contributed by atoms with E-state index in [1.165, 1.54) is 6.33 Å². The molecule has 4 aromatic heterocycles. The summed E-state index contributed by atoms with van der Waals surface area (Å²) in [6.07, 6.45) is 10.3. The van der Waals surface area contributed by atoms with Gasteiger partial charge in [0.25, 0.3) is 0 Å². The molecule has 0 aliphatic carbocycles. The van der Waals surface area contributed by atoms with Crippen molar-refractivity contribution in [3.63, 3.8) is 0 Å². The summed E-state index contributed by atoms with van der Waals surface area (Å²) >= 11 is 0. The fourth-order valence-corrected chi connectivity index (χ4v) is 3.19. The van der Waals surface area contributed by atoms with Crippen molar-refractivity contribution < 1.29 is 0 Å². The predicted molar refractivity (Wildman–Crippen MR) is 103 cm³/mol. The molecule has 0 bridgehead atoms. The van der Waals surface area contributed by atoms with E-state index in [-0.39, 0.29) is 0 Å². The Kier molecular flexibility index (Phi) is 4.05. The van der Waals surface area contributed by atoms with E-state index in [1.54, 1.807) is 35.5 Å². The summed E-state index contributed by atoms with van der Waals surface area (Å²) in [7, 11) is 2.13. The Balaban J connectivity index is 1.38. The van der Waals surface area contributed by atoms with Crippen molar-refractivity contribution in [2.24, 2.45) is 0 Å². The van der Waals surface area contributed by atoms with E-state index in [1.807, 2.05) is 0 Å². The number of hydrogen-bond acceptors (Lipinski definition) is 9. The first-order valence-electron chi connectivity index (χ1n) is 8.98. The number of aromatic amines is 1. The second kappa shape index (κ2) is 6.85. The number of rotatable bonds is 4. The first-order chi connectivity index (χ1) is 13.8. The molecule has 5 heterocycles. The van der Waals surface area contributed by atoms with Gasteiger partial charge < -0.3 is 15.1 Å². The van der Waals surface area contributed by atoms with Crippen LogP contribution in [0.4, 0.5) is 17.5 Å². The fourth-order valence-electron chi connectivity index (χ4n) is 3.19. The topological polar surface area (TPSA) is 116 Å². The Bertz CT molecular complexity index is 1060. The zero-order valence-corrected chi connectivity index (χ0v) is 15.3. The Morgan fingerprint density at radius 1 is 0.964 bits per heavy atom. The number of hydrogen-bond donors (Lipinski definition) is 2. The van der Waals surface area contributed by atoms with Gasteiger partial charge in [0.05, 0.1) is 36.2 Å². The van der Waals surface area contributed by atoms with Gasteiger partial charge in [0.1, 0.15) is 6.33 Å². The Hall–Kier alpha value is -3.60. The number of anilines is 3. The second-order valence-electron chi connectivity index (χ2n) is 6.66. The van der Waals surface area contributed by atoms with E-state index in [2.05, 4.69) is 57.4 Å². The van der Waals surface area contributed by atoms with Crippen LogP contribution in [0.2, 0.25) is 0 Å². The summed E-state index contributed by atoms with van der Waals surface area (Å²) in [5.41, 5.74) is 3.04. The summed E-state index contributed by atoms with van der Waals surface area (Å²) in [6.45, 7) is 3.89. The lowest BCUT2D eigenvalue weighted by Crippen LogP contribution is -2.45. The van der Waals surface area contributed by atoms with Crippen molar-refractivity contribution in [2.75, 3.05) is 43.4 Å². The second-order valence-corrected chi connectivity index (χ2v) is 6.66. The third kappa shape index (κ3) is 3.01. The number of fused-ring (bicyclic) bond motifs is 1. The van der Waals surface area contributed by atoms with Crippen molar-refractivity contribution in [3.05, 3.63) is 37.3 Å². The minimum absolute atomic E-state index is 0.584. The predicted octanol–water partition coefficient (Wildman–Crippen LogP) is 0.800. The van der Waals surface area contributed by atoms with Gasteiger partial charge in [-0.15, -0.1) is 0 Å². The van der Waals surface area contributed by atoms with Gasteiger partial charge in [-0.05, 0) is 7.05 Å². The molecule has 1 saturated heterocycles. The first kappa shape index (κ1) is 16.6. The molecule has 0 unspecified atom stereocenters. The summed E-state index contributed by atoms with van der Waals surface area (Å²) in [5.74, 6) is 1.33. The van der Waals surface area contributed by atoms with Gasteiger partial charge in [-0.3, -0.25) is 5.10 Å². The van der Waals surface area contributed by atoms with Crippen molar-refractivity contribution in [2.45, 2.75) is 0 Å². The van der Waals surface area contributed by atoms with Gasteiger partial charge in [0.15, 0.2) is 11.5 Å². The standard InChI is InChI=1S/C17H19N11/c1-26-2-4-27(5-3-26)17-19-8-13(9-20-17)25-15-16-21-11-24-28(16)14(10-18-15)12-6-22-23-7-12/h6-11H,2-5H2,1H3,(H,18,25)(H,22,23). The number of nitrogens with zero attached hydrogens (tertiary/aromatic N) is 9. The maximum absolute atomic E-state index is 4.50. The molecule has 2 N–H and O–H groups in total. The number of likely N-dealkylation sites (N-methyl/N-ethyl adjacent to an activating group) is 1. The highest BCUT2D eigenvalue weighted by molar-refractivity contribution is 5.72. The molecular formula is C17H19N11. The number of H-pyrrole nitrogens is 1. The van der Waals surface area contributed by atoms with Gasteiger partial charge in [0.2, 0.25) is 5.95 Å². The van der Waals surface area contributed by atoms with Crippen LogP contribution in [0.5, 0.6) is 0 Å². The minimum Gasteiger partial charge on any atom is -0.338 e. The molecule has 1 aliphatic rings. The third-order valence-corrected chi connectivity index (χ3v) is 4.78. The lowest BCUT2D eigenvalue weighted by Gasteiger charge is -2.32. The number of nitrogens with one attached hydrogen (secondary N) is 2. The fraction of sp³-hybridized carbons (Fsp3) is 0.294. The van der Waals surface area contributed by atoms with Crippen LogP contribution < -0.4 is 10.2 Å². The first-order valence-corrected chi connectivity index (χ1v) is 8.98. The van der Waals surface area contributed by atoms with Gasteiger partial charge in [-0.25, -0.2) is 24.5 Å². The normalized spacial score (nSPS) is 15.2. The molecule has 1 fully saturated rings. The molecule has 5 rings (SSSR count). The van der Waals surface area contributed by atoms with Crippen LogP contribution in [0.25, 0.3) is 16.9 Å². The average Bonchev–Trinajstić information content (AvgIpc) is 3.42. The minimum atomic E-state index is 0.584. The van der Waals surface area contributed by atoms with E-state index in [9.17, 15) is 0 Å². The quantitative estimate of drug-likeness (QED) is 0.532. The maximum atomic E-state index is 4.50. The van der Waals surface area contributed by atoms with Gasteiger partial charge in [-0.1, -0.05) is 0 Å². The molecule has 11 heteroatoms. The Morgan fingerprint density at radius 3 is 2.54 bits per heavy atom. The summed E-state index contributed by atoms with van der Waals surface area (Å²) in [4.78, 5) is 22.3. The molecule has 0 saturated carbocycles. The molecule has 0 amide bonds.